The van der Waals surface area contributed by atoms with E-state index in [4.69, 9.17) is 9.47 Å². The van der Waals surface area contributed by atoms with Crippen LogP contribution in [0.15, 0.2) is 267 Å². The molecule has 0 atom stereocenters. The van der Waals surface area contributed by atoms with E-state index < -0.39 is 17.4 Å². The Morgan fingerprint density at radius 1 is 0.342 bits per heavy atom. The van der Waals surface area contributed by atoms with Crippen molar-refractivity contribution in [3.05, 3.63) is 311 Å². The van der Waals surface area contributed by atoms with Gasteiger partial charge in [-0.05, 0) is 136 Å². The van der Waals surface area contributed by atoms with Crippen LogP contribution in [0.3, 0.4) is 0 Å². The third-order valence-electron chi connectivity index (χ3n) is 15.5. The van der Waals surface area contributed by atoms with Crippen molar-refractivity contribution in [2.75, 3.05) is 0 Å². The smallest absolute Gasteiger partial charge is 0.336 e. The molecule has 1 aliphatic carbocycles. The number of carboxylic acid groups (broad SMARTS) is 2. The summed E-state index contributed by atoms with van der Waals surface area (Å²) >= 11 is 0. The molecule has 0 saturated carbocycles. The molecule has 0 heterocycles. The lowest BCUT2D eigenvalue weighted by atomic mass is 9.67. The Kier molecular flexibility index (Phi) is 12.4. The number of carboxylic acids is 2. The summed E-state index contributed by atoms with van der Waals surface area (Å²) in [5, 5.41) is 24.0. The highest BCUT2D eigenvalue weighted by atomic mass is 16.5. The van der Waals surface area contributed by atoms with Crippen molar-refractivity contribution in [2.24, 2.45) is 0 Å². The summed E-state index contributed by atoms with van der Waals surface area (Å²) in [6.45, 7) is 0.646. The van der Waals surface area contributed by atoms with Crippen molar-refractivity contribution >= 4 is 33.5 Å². The molecule has 0 aliphatic heterocycles. The molecule has 2 N–H and O–H groups in total. The highest BCUT2D eigenvalue weighted by Gasteiger charge is 2.46. The van der Waals surface area contributed by atoms with Crippen LogP contribution in [0.5, 0.6) is 11.5 Å². The predicted molar refractivity (Wildman–Crippen MR) is 316 cm³/mol. The van der Waals surface area contributed by atoms with Gasteiger partial charge in [0, 0.05) is 11.1 Å². The lowest BCUT2D eigenvalue weighted by Crippen LogP contribution is -2.28. The first-order valence-corrected chi connectivity index (χ1v) is 26.4. The monoisotopic (exact) mass is 1020 g/mol. The van der Waals surface area contributed by atoms with Crippen molar-refractivity contribution in [3.63, 3.8) is 0 Å². The Hall–Kier alpha value is -10.3. The molecule has 1 aliphatic rings. The SMILES string of the molecule is O=C(O)c1ccccc1-c1ccc(COc2ccc3cc(C4(c5ccc6c(-c7ccccc7)c(OCc7ccc(-c8ccccc8C(=O)O)cc7)ccc6c5)c5ccccc5-c5ccccc54)ccc3c2-c2ccccc2)cc1. The third kappa shape index (κ3) is 8.66. The molecule has 0 spiro atoms. The van der Waals surface area contributed by atoms with E-state index in [-0.39, 0.29) is 11.1 Å². The normalized spacial score (nSPS) is 12.2. The molecular formula is C73H50O6. The molecule has 0 amide bonds. The highest BCUT2D eigenvalue weighted by molar-refractivity contribution is 6.03. The van der Waals surface area contributed by atoms with Gasteiger partial charge in [-0.3, -0.25) is 0 Å². The minimum atomic E-state index is -0.956. The predicted octanol–water partition coefficient (Wildman–Crippen LogP) is 17.6. The van der Waals surface area contributed by atoms with Crippen molar-refractivity contribution in [3.8, 4) is 67.1 Å². The van der Waals surface area contributed by atoms with Gasteiger partial charge in [-0.1, -0.05) is 231 Å². The van der Waals surface area contributed by atoms with Crippen LogP contribution in [0.1, 0.15) is 54.1 Å². The maximum atomic E-state index is 12.0. The number of aromatic carboxylic acids is 2. The van der Waals surface area contributed by atoms with E-state index in [1.165, 1.54) is 22.3 Å². The number of ether oxygens (including phenoxy) is 2. The van der Waals surface area contributed by atoms with E-state index >= 15 is 0 Å². The van der Waals surface area contributed by atoms with Gasteiger partial charge in [0.05, 0.1) is 16.5 Å². The van der Waals surface area contributed by atoms with Gasteiger partial charge in [-0.15, -0.1) is 0 Å². The first-order chi connectivity index (χ1) is 38.8. The number of hydrogen-bond acceptors (Lipinski definition) is 4. The number of hydrogen-bond donors (Lipinski definition) is 2. The summed E-state index contributed by atoms with van der Waals surface area (Å²) in [6, 6.07) is 90.8. The summed E-state index contributed by atoms with van der Waals surface area (Å²) < 4.78 is 13.5. The molecular weight excluding hydrogens is 973 g/mol. The van der Waals surface area contributed by atoms with Crippen LogP contribution in [0.25, 0.3) is 77.2 Å². The van der Waals surface area contributed by atoms with E-state index in [0.717, 1.165) is 88.7 Å². The molecule has 0 unspecified atom stereocenters. The fraction of sp³-hybridized carbons (Fsp3) is 0.0411. The summed E-state index contributed by atoms with van der Waals surface area (Å²) in [7, 11) is 0. The summed E-state index contributed by atoms with van der Waals surface area (Å²) in [4.78, 5) is 24.0. The Morgan fingerprint density at radius 3 is 1.11 bits per heavy atom. The van der Waals surface area contributed by atoms with Crippen LogP contribution in [0.2, 0.25) is 0 Å². The number of benzene rings is 12. The molecule has 6 nitrogen and oxygen atoms in total. The molecule has 0 bridgehead atoms. The fourth-order valence-electron chi connectivity index (χ4n) is 11.9. The van der Waals surface area contributed by atoms with E-state index in [2.05, 4.69) is 158 Å². The van der Waals surface area contributed by atoms with Crippen molar-refractivity contribution in [1.82, 2.24) is 0 Å². The van der Waals surface area contributed by atoms with Crippen LogP contribution < -0.4 is 9.47 Å². The standard InChI is InChI=1S/C73H50O6/c74-71(75)63-23-9-7-19-57(63)49-31-27-47(28-32-49)45-78-67-41-35-53-43-55(37-39-59(53)69(67)51-15-3-1-4-16-51)73(65-25-13-11-21-61(65)62-22-12-14-26-66(62)73)56-38-40-60-54(44-56)36-42-68(70(60)52-17-5-2-6-18-52)79-46-48-29-33-50(34-30-48)58-20-8-10-24-64(58)72(76)77/h1-44H,45-46H2,(H,74,75)(H,76,77). The second-order valence-corrected chi connectivity index (χ2v) is 20.0. The zero-order valence-electron chi connectivity index (χ0n) is 42.8. The van der Waals surface area contributed by atoms with Crippen molar-refractivity contribution in [1.29, 1.82) is 0 Å². The zero-order chi connectivity index (χ0) is 53.5. The average molecular weight is 1020 g/mol. The van der Waals surface area contributed by atoms with Crippen molar-refractivity contribution < 1.29 is 29.3 Å². The van der Waals surface area contributed by atoms with E-state index in [0.29, 0.717) is 24.3 Å². The summed E-state index contributed by atoms with van der Waals surface area (Å²) in [5.74, 6) is -0.380. The van der Waals surface area contributed by atoms with E-state index in [9.17, 15) is 19.8 Å². The molecule has 0 saturated heterocycles. The Labute approximate surface area is 457 Å². The molecule has 0 fully saturated rings. The lowest BCUT2D eigenvalue weighted by molar-refractivity contribution is 0.0687. The third-order valence-corrected chi connectivity index (χ3v) is 15.5. The average Bonchev–Trinajstić information content (AvgIpc) is 3.90. The second-order valence-electron chi connectivity index (χ2n) is 20.0. The number of carbonyl (C=O) groups is 2. The van der Waals surface area contributed by atoms with Gasteiger partial charge in [-0.25, -0.2) is 9.59 Å². The van der Waals surface area contributed by atoms with Crippen LogP contribution in [0, 0.1) is 0 Å². The molecule has 0 radical (unpaired) electrons. The highest BCUT2D eigenvalue weighted by Crippen LogP contribution is 2.57. The van der Waals surface area contributed by atoms with Crippen LogP contribution in [0.4, 0.5) is 0 Å². The molecule has 6 heteroatoms. The molecule has 79 heavy (non-hydrogen) atoms. The van der Waals surface area contributed by atoms with Gasteiger partial charge in [0.25, 0.3) is 0 Å². The second kappa shape index (κ2) is 20.3. The van der Waals surface area contributed by atoms with Gasteiger partial charge in [0.1, 0.15) is 24.7 Å². The quantitative estimate of drug-likeness (QED) is 0.113. The minimum absolute atomic E-state index is 0.266. The first-order valence-electron chi connectivity index (χ1n) is 26.4. The van der Waals surface area contributed by atoms with Gasteiger partial charge in [0.2, 0.25) is 0 Å². The van der Waals surface area contributed by atoms with Gasteiger partial charge >= 0.3 is 11.9 Å². The molecule has 378 valence electrons. The Bertz CT molecular complexity index is 4020. The Morgan fingerprint density at radius 2 is 0.709 bits per heavy atom. The maximum absolute atomic E-state index is 12.0. The van der Waals surface area contributed by atoms with Crippen molar-refractivity contribution in [2.45, 2.75) is 18.6 Å². The van der Waals surface area contributed by atoms with E-state index in [1.807, 2.05) is 84.9 Å². The molecule has 0 aromatic heterocycles. The lowest BCUT2D eigenvalue weighted by Gasteiger charge is -2.34. The van der Waals surface area contributed by atoms with Gasteiger partial charge in [-0.2, -0.15) is 0 Å². The van der Waals surface area contributed by atoms with Crippen LogP contribution in [-0.4, -0.2) is 22.2 Å². The summed E-state index contributed by atoms with van der Waals surface area (Å²) in [5.41, 5.74) is 16.0. The maximum Gasteiger partial charge on any atom is 0.336 e. The van der Waals surface area contributed by atoms with Gasteiger partial charge < -0.3 is 19.7 Å². The summed E-state index contributed by atoms with van der Waals surface area (Å²) in [6.07, 6.45) is 0. The minimum Gasteiger partial charge on any atom is -0.488 e. The largest absolute Gasteiger partial charge is 0.488 e. The fourth-order valence-corrected chi connectivity index (χ4v) is 11.9. The molecule has 12 aromatic rings. The van der Waals surface area contributed by atoms with Crippen LogP contribution in [-0.2, 0) is 18.6 Å². The van der Waals surface area contributed by atoms with Crippen LogP contribution >= 0.6 is 0 Å². The molecule has 12 aromatic carbocycles. The number of fused-ring (bicyclic) bond motifs is 5. The zero-order valence-corrected chi connectivity index (χ0v) is 42.8. The first kappa shape index (κ1) is 48.3. The van der Waals surface area contributed by atoms with E-state index in [1.54, 1.807) is 24.3 Å². The molecule has 13 rings (SSSR count). The topological polar surface area (TPSA) is 93.1 Å². The Balaban J connectivity index is 0.893. The van der Waals surface area contributed by atoms with Gasteiger partial charge in [0.15, 0.2) is 0 Å². The number of rotatable bonds is 14.